The highest BCUT2D eigenvalue weighted by molar-refractivity contribution is 6.01. The van der Waals surface area contributed by atoms with Crippen LogP contribution in [-0.4, -0.2) is 29.9 Å². The average molecular weight is 469 g/mol. The van der Waals surface area contributed by atoms with Crippen molar-refractivity contribution in [3.05, 3.63) is 101 Å². The monoisotopic (exact) mass is 469 g/mol. The van der Waals surface area contributed by atoms with Crippen molar-refractivity contribution < 1.29 is 23.6 Å². The van der Waals surface area contributed by atoms with Crippen LogP contribution in [0.15, 0.2) is 88.5 Å². The lowest BCUT2D eigenvalue weighted by Crippen LogP contribution is -2.18. The fourth-order valence-corrected chi connectivity index (χ4v) is 3.34. The molecule has 176 valence electrons. The van der Waals surface area contributed by atoms with E-state index in [4.69, 9.17) is 14.0 Å². The SMILES string of the molecule is CCOc1cc(C=NNC(=O)c2c(-c3ccccc3)noc2C)ccc1OC(=O)c1ccccc1. The molecule has 8 heteroatoms. The molecule has 0 aliphatic heterocycles. The number of aromatic nitrogens is 1. The number of esters is 1. The summed E-state index contributed by atoms with van der Waals surface area (Å²) in [7, 11) is 0. The third-order valence-corrected chi connectivity index (χ3v) is 5.00. The number of carbonyl (C=O) groups is 2. The lowest BCUT2D eigenvalue weighted by Gasteiger charge is -2.11. The number of hydrogen-bond donors (Lipinski definition) is 1. The van der Waals surface area contributed by atoms with Gasteiger partial charge < -0.3 is 14.0 Å². The molecule has 1 N–H and O–H groups in total. The number of amides is 1. The number of carbonyl (C=O) groups excluding carboxylic acids is 2. The van der Waals surface area contributed by atoms with Gasteiger partial charge in [0.1, 0.15) is 17.0 Å². The Morgan fingerprint density at radius 1 is 1.00 bits per heavy atom. The highest BCUT2D eigenvalue weighted by Gasteiger charge is 2.21. The van der Waals surface area contributed by atoms with E-state index in [0.29, 0.717) is 40.5 Å². The Kier molecular flexibility index (Phi) is 7.32. The second-order valence-electron chi connectivity index (χ2n) is 7.42. The topological polar surface area (TPSA) is 103 Å². The van der Waals surface area contributed by atoms with E-state index in [1.807, 2.05) is 43.3 Å². The molecule has 1 heterocycles. The van der Waals surface area contributed by atoms with Gasteiger partial charge >= 0.3 is 5.97 Å². The summed E-state index contributed by atoms with van der Waals surface area (Å²) in [5.41, 5.74) is 5.10. The van der Waals surface area contributed by atoms with Crippen molar-refractivity contribution >= 4 is 18.1 Å². The van der Waals surface area contributed by atoms with E-state index in [1.165, 1.54) is 6.21 Å². The minimum absolute atomic E-state index is 0.287. The molecule has 4 rings (SSSR count). The molecule has 0 bridgehead atoms. The fraction of sp³-hybridized carbons (Fsp3) is 0.111. The Bertz CT molecular complexity index is 1350. The quantitative estimate of drug-likeness (QED) is 0.168. The highest BCUT2D eigenvalue weighted by Crippen LogP contribution is 2.29. The van der Waals surface area contributed by atoms with E-state index in [9.17, 15) is 9.59 Å². The fourth-order valence-electron chi connectivity index (χ4n) is 3.34. The number of rotatable bonds is 8. The largest absolute Gasteiger partial charge is 0.490 e. The molecule has 0 atom stereocenters. The van der Waals surface area contributed by atoms with Crippen molar-refractivity contribution in [2.75, 3.05) is 6.61 Å². The van der Waals surface area contributed by atoms with Gasteiger partial charge in [0.25, 0.3) is 5.91 Å². The predicted octanol–water partition coefficient (Wildman–Crippen LogP) is 5.03. The van der Waals surface area contributed by atoms with Gasteiger partial charge in [0, 0.05) is 5.56 Å². The van der Waals surface area contributed by atoms with Gasteiger partial charge in [-0.3, -0.25) is 4.79 Å². The maximum absolute atomic E-state index is 12.8. The Balaban J connectivity index is 1.48. The minimum Gasteiger partial charge on any atom is -0.490 e. The average Bonchev–Trinajstić information content (AvgIpc) is 3.28. The van der Waals surface area contributed by atoms with Gasteiger partial charge in [-0.25, -0.2) is 10.2 Å². The summed E-state index contributed by atoms with van der Waals surface area (Å²) in [6.07, 6.45) is 1.47. The van der Waals surface area contributed by atoms with Gasteiger partial charge in [-0.15, -0.1) is 0 Å². The predicted molar refractivity (Wildman–Crippen MR) is 131 cm³/mol. The van der Waals surface area contributed by atoms with Crippen LogP contribution in [0.1, 0.15) is 39.0 Å². The number of hydrazone groups is 1. The molecule has 1 aromatic heterocycles. The maximum atomic E-state index is 12.8. The smallest absolute Gasteiger partial charge is 0.343 e. The molecule has 0 aliphatic rings. The molecular weight excluding hydrogens is 446 g/mol. The zero-order valence-corrected chi connectivity index (χ0v) is 19.2. The Hall–Kier alpha value is -4.72. The Morgan fingerprint density at radius 2 is 1.71 bits per heavy atom. The second-order valence-corrected chi connectivity index (χ2v) is 7.42. The lowest BCUT2D eigenvalue weighted by molar-refractivity contribution is 0.0728. The van der Waals surface area contributed by atoms with Crippen molar-refractivity contribution in [1.82, 2.24) is 10.6 Å². The van der Waals surface area contributed by atoms with Gasteiger partial charge in [-0.05, 0) is 49.7 Å². The highest BCUT2D eigenvalue weighted by atomic mass is 16.6. The van der Waals surface area contributed by atoms with Gasteiger partial charge in [-0.2, -0.15) is 5.10 Å². The lowest BCUT2D eigenvalue weighted by atomic mass is 10.1. The van der Waals surface area contributed by atoms with Crippen molar-refractivity contribution in [3.63, 3.8) is 0 Å². The Labute approximate surface area is 202 Å². The number of nitrogens with zero attached hydrogens (tertiary/aromatic N) is 2. The van der Waals surface area contributed by atoms with E-state index in [-0.39, 0.29) is 5.75 Å². The van der Waals surface area contributed by atoms with Crippen LogP contribution in [-0.2, 0) is 0 Å². The van der Waals surface area contributed by atoms with E-state index in [2.05, 4.69) is 15.7 Å². The minimum atomic E-state index is -0.487. The van der Waals surface area contributed by atoms with Crippen molar-refractivity contribution in [3.8, 4) is 22.8 Å². The van der Waals surface area contributed by atoms with Crippen LogP contribution in [0.4, 0.5) is 0 Å². The summed E-state index contributed by atoms with van der Waals surface area (Å²) in [5, 5.41) is 8.07. The number of benzene rings is 3. The normalized spacial score (nSPS) is 10.8. The first kappa shape index (κ1) is 23.4. The molecule has 0 radical (unpaired) electrons. The first-order valence-corrected chi connectivity index (χ1v) is 11.0. The molecule has 0 saturated heterocycles. The van der Waals surface area contributed by atoms with Crippen LogP contribution < -0.4 is 14.9 Å². The summed E-state index contributed by atoms with van der Waals surface area (Å²) in [4.78, 5) is 25.2. The molecule has 0 saturated carbocycles. The molecule has 35 heavy (non-hydrogen) atoms. The van der Waals surface area contributed by atoms with E-state index in [1.54, 1.807) is 49.4 Å². The number of nitrogens with one attached hydrogen (secondary N) is 1. The molecule has 8 nitrogen and oxygen atoms in total. The van der Waals surface area contributed by atoms with Crippen LogP contribution in [0.5, 0.6) is 11.5 Å². The number of aryl methyl sites for hydroxylation is 1. The molecule has 0 spiro atoms. The maximum Gasteiger partial charge on any atom is 0.343 e. The molecule has 1 amide bonds. The first-order valence-electron chi connectivity index (χ1n) is 11.0. The number of ether oxygens (including phenoxy) is 2. The van der Waals surface area contributed by atoms with Crippen LogP contribution in [0.25, 0.3) is 11.3 Å². The second kappa shape index (κ2) is 10.9. The van der Waals surface area contributed by atoms with Gasteiger partial charge in [0.05, 0.1) is 18.4 Å². The molecule has 3 aromatic carbocycles. The summed E-state index contributed by atoms with van der Waals surface area (Å²) >= 11 is 0. The van der Waals surface area contributed by atoms with Gasteiger partial charge in [0.2, 0.25) is 0 Å². The van der Waals surface area contributed by atoms with Crippen LogP contribution >= 0.6 is 0 Å². The van der Waals surface area contributed by atoms with Crippen molar-refractivity contribution in [2.45, 2.75) is 13.8 Å². The summed E-state index contributed by atoms with van der Waals surface area (Å²) < 4.78 is 16.4. The standard InChI is InChI=1S/C27H23N3O5/c1-3-33-23-16-19(14-15-22(23)34-27(32)21-12-8-5-9-13-21)17-28-29-26(31)24-18(2)35-30-25(24)20-10-6-4-7-11-20/h4-17H,3H2,1-2H3,(H,29,31). The van der Waals surface area contributed by atoms with E-state index in [0.717, 1.165) is 5.56 Å². The zero-order valence-electron chi connectivity index (χ0n) is 19.2. The van der Waals surface area contributed by atoms with Crippen LogP contribution in [0.2, 0.25) is 0 Å². The van der Waals surface area contributed by atoms with Crippen molar-refractivity contribution in [1.29, 1.82) is 0 Å². The molecule has 4 aromatic rings. The van der Waals surface area contributed by atoms with E-state index >= 15 is 0 Å². The summed E-state index contributed by atoms with van der Waals surface area (Å²) in [6, 6.07) is 23.0. The Morgan fingerprint density at radius 3 is 2.43 bits per heavy atom. The van der Waals surface area contributed by atoms with Crippen LogP contribution in [0.3, 0.4) is 0 Å². The van der Waals surface area contributed by atoms with Gasteiger partial charge in [0.15, 0.2) is 11.5 Å². The van der Waals surface area contributed by atoms with E-state index < -0.39 is 11.9 Å². The van der Waals surface area contributed by atoms with Crippen LogP contribution in [0, 0.1) is 6.92 Å². The molecular formula is C27H23N3O5. The zero-order chi connectivity index (χ0) is 24.6. The molecule has 0 unspecified atom stereocenters. The van der Waals surface area contributed by atoms with Gasteiger partial charge in [-0.1, -0.05) is 53.7 Å². The summed E-state index contributed by atoms with van der Waals surface area (Å²) in [6.45, 7) is 3.87. The third-order valence-electron chi connectivity index (χ3n) is 5.00. The number of hydrogen-bond acceptors (Lipinski definition) is 7. The first-order chi connectivity index (χ1) is 17.1. The molecule has 0 aliphatic carbocycles. The third kappa shape index (κ3) is 5.62. The van der Waals surface area contributed by atoms with Crippen molar-refractivity contribution in [2.24, 2.45) is 5.10 Å². The summed E-state index contributed by atoms with van der Waals surface area (Å²) in [5.74, 6) is 0.124. The molecule has 0 fully saturated rings.